The van der Waals surface area contributed by atoms with E-state index in [1.165, 1.54) is 25.3 Å². The quantitative estimate of drug-likeness (QED) is 0.104. The third-order valence-electron chi connectivity index (χ3n) is 9.19. The zero-order valence-electron chi connectivity index (χ0n) is 31.3. The Morgan fingerprint density at radius 3 is 2.24 bits per heavy atom. The number of methoxy groups -OCH3 is 1. The Morgan fingerprint density at radius 2 is 1.64 bits per heavy atom. The van der Waals surface area contributed by atoms with E-state index in [4.69, 9.17) is 21.3 Å². The number of carboxylic acid groups (broad SMARTS) is 1. The average Bonchev–Trinajstić information content (AvgIpc) is 3.46. The Bertz CT molecular complexity index is 2700. The maximum absolute atomic E-state index is 14.7. The highest BCUT2D eigenvalue weighted by atomic mass is 35.5. The van der Waals surface area contributed by atoms with Gasteiger partial charge in [0.15, 0.2) is 5.82 Å². The van der Waals surface area contributed by atoms with Gasteiger partial charge in [0.25, 0.3) is 5.56 Å². The van der Waals surface area contributed by atoms with Crippen molar-refractivity contribution in [3.63, 3.8) is 0 Å². The van der Waals surface area contributed by atoms with Crippen molar-refractivity contribution in [1.29, 1.82) is 0 Å². The Kier molecular flexibility index (Phi) is 11.5. The number of anilines is 1. The summed E-state index contributed by atoms with van der Waals surface area (Å²) in [6, 6.07) is 14.7. The molecule has 2 aromatic heterocycles. The summed E-state index contributed by atoms with van der Waals surface area (Å²) in [5, 5.41) is 15.6. The van der Waals surface area contributed by atoms with Crippen molar-refractivity contribution in [2.24, 2.45) is 0 Å². The number of rotatable bonds is 12. The molecule has 1 atom stereocenters. The largest absolute Gasteiger partial charge is 0.497 e. The van der Waals surface area contributed by atoms with E-state index in [1.807, 2.05) is 20.8 Å². The molecule has 0 aliphatic carbocycles. The van der Waals surface area contributed by atoms with Crippen LogP contribution in [0, 0.1) is 11.6 Å². The number of halogens is 6. The van der Waals surface area contributed by atoms with Crippen LogP contribution in [-0.4, -0.2) is 58.0 Å². The smallest absolute Gasteiger partial charge is 0.408 e. The number of amides is 1. The number of fused-ring (bicyclic) bond motifs is 2. The van der Waals surface area contributed by atoms with E-state index in [2.05, 4.69) is 15.1 Å². The zero-order chi connectivity index (χ0) is 42.3. The first-order valence-electron chi connectivity index (χ1n) is 17.5. The number of ether oxygens (including phenoxy) is 1. The third kappa shape index (κ3) is 9.34. The van der Waals surface area contributed by atoms with E-state index in [0.29, 0.717) is 22.1 Å². The molecule has 0 fully saturated rings. The van der Waals surface area contributed by atoms with Gasteiger partial charge in [-0.2, -0.15) is 18.3 Å². The van der Waals surface area contributed by atoms with Gasteiger partial charge in [-0.15, -0.1) is 0 Å². The lowest BCUT2D eigenvalue weighted by Gasteiger charge is -2.24. The summed E-state index contributed by atoms with van der Waals surface area (Å²) in [6.07, 6.45) is -7.03. The maximum atomic E-state index is 14.7. The van der Waals surface area contributed by atoms with Crippen molar-refractivity contribution in [2.45, 2.75) is 57.8 Å². The average molecular weight is 847 g/mol. The normalized spacial score (nSPS) is 12.9. The van der Waals surface area contributed by atoms with E-state index < -0.39 is 81.0 Å². The molecule has 6 rings (SSSR count). The molecule has 12 nitrogen and oxygen atoms in total. The minimum Gasteiger partial charge on any atom is -0.497 e. The van der Waals surface area contributed by atoms with Crippen LogP contribution in [0.15, 0.2) is 77.6 Å². The number of carbonyl (C=O) groups is 1. The fourth-order valence-corrected chi connectivity index (χ4v) is 7.78. The number of hydrogen-bond donors (Lipinski definition) is 3. The van der Waals surface area contributed by atoms with E-state index in [-0.39, 0.29) is 44.8 Å². The van der Waals surface area contributed by atoms with Crippen molar-refractivity contribution in [3.8, 4) is 11.4 Å². The van der Waals surface area contributed by atoms with Gasteiger partial charge in [-0.3, -0.25) is 18.8 Å². The Balaban J connectivity index is 1.60. The molecule has 0 spiro atoms. The summed E-state index contributed by atoms with van der Waals surface area (Å²) in [4.78, 5) is 31.7. The van der Waals surface area contributed by atoms with Crippen molar-refractivity contribution in [1.82, 2.24) is 24.6 Å². The van der Waals surface area contributed by atoms with Gasteiger partial charge in [-0.05, 0) is 77.1 Å². The summed E-state index contributed by atoms with van der Waals surface area (Å²) in [5.41, 5.74) is -0.723. The molecule has 0 saturated carbocycles. The molecule has 0 aliphatic rings. The molecule has 0 saturated heterocycles. The molecule has 58 heavy (non-hydrogen) atoms. The van der Waals surface area contributed by atoms with Crippen LogP contribution in [0.5, 0.6) is 5.75 Å². The van der Waals surface area contributed by atoms with Gasteiger partial charge in [0.1, 0.15) is 29.8 Å². The van der Waals surface area contributed by atoms with Crippen LogP contribution in [0.4, 0.5) is 32.6 Å². The lowest BCUT2D eigenvalue weighted by Crippen LogP contribution is -2.35. The van der Waals surface area contributed by atoms with Gasteiger partial charge in [-0.1, -0.05) is 50.6 Å². The Morgan fingerprint density at radius 1 is 0.966 bits per heavy atom. The van der Waals surface area contributed by atoms with Crippen LogP contribution in [0.1, 0.15) is 49.3 Å². The fraction of sp³-hybridized carbons (Fsp3) is 0.282. The SMILES string of the molecule is COc1ccc(CCS(=O)(=O)Nc2nn(CC(F)(F)F)c3c(-n4c([C@H](Cc5cc(F)cc(F)c5)NC(=O)O)nc5cc(C(C)(C)C)ccc5c4=O)ccc(Cl)c23)cc1. The van der Waals surface area contributed by atoms with Crippen molar-refractivity contribution in [3.05, 3.63) is 122 Å². The molecule has 0 radical (unpaired) electrons. The molecule has 4 aromatic carbocycles. The highest BCUT2D eigenvalue weighted by molar-refractivity contribution is 7.92. The van der Waals surface area contributed by atoms with Crippen molar-refractivity contribution in [2.75, 3.05) is 17.6 Å². The molecule has 6 aromatic rings. The van der Waals surface area contributed by atoms with Gasteiger partial charge < -0.3 is 15.2 Å². The maximum Gasteiger partial charge on any atom is 0.408 e. The highest BCUT2D eigenvalue weighted by Gasteiger charge is 2.33. The summed E-state index contributed by atoms with van der Waals surface area (Å²) < 4.78 is 107. The second-order valence-corrected chi connectivity index (χ2v) is 16.8. The molecule has 1 amide bonds. The van der Waals surface area contributed by atoms with Gasteiger partial charge in [0, 0.05) is 12.5 Å². The predicted octanol–water partition coefficient (Wildman–Crippen LogP) is 8.07. The van der Waals surface area contributed by atoms with E-state index in [1.54, 1.807) is 36.4 Å². The first-order valence-corrected chi connectivity index (χ1v) is 19.6. The number of aromatic nitrogens is 4. The number of nitrogens with zero attached hydrogens (tertiary/aromatic N) is 4. The minimum absolute atomic E-state index is 0.00508. The number of sulfonamides is 1. The van der Waals surface area contributed by atoms with E-state index in [0.717, 1.165) is 22.3 Å². The van der Waals surface area contributed by atoms with Gasteiger partial charge >= 0.3 is 12.3 Å². The Labute approximate surface area is 333 Å². The van der Waals surface area contributed by atoms with Crippen LogP contribution in [0.25, 0.3) is 27.5 Å². The first kappa shape index (κ1) is 41.9. The van der Waals surface area contributed by atoms with Crippen LogP contribution in [0.3, 0.4) is 0 Å². The number of alkyl halides is 3. The number of aryl methyl sites for hydroxylation is 1. The van der Waals surface area contributed by atoms with Crippen LogP contribution < -0.4 is 20.3 Å². The molecule has 306 valence electrons. The minimum atomic E-state index is -4.93. The summed E-state index contributed by atoms with van der Waals surface area (Å²) in [5.74, 6) is -2.87. The first-order chi connectivity index (χ1) is 27.1. The van der Waals surface area contributed by atoms with Crippen molar-refractivity contribution >= 4 is 55.3 Å². The van der Waals surface area contributed by atoms with E-state index >= 15 is 0 Å². The van der Waals surface area contributed by atoms with Gasteiger partial charge in [0.2, 0.25) is 10.0 Å². The second kappa shape index (κ2) is 15.9. The summed E-state index contributed by atoms with van der Waals surface area (Å²) in [6.45, 7) is 3.94. The van der Waals surface area contributed by atoms with Crippen molar-refractivity contribution < 1.29 is 45.0 Å². The predicted molar refractivity (Wildman–Crippen MR) is 208 cm³/mol. The third-order valence-corrected chi connectivity index (χ3v) is 10.8. The van der Waals surface area contributed by atoms with Crippen LogP contribution >= 0.6 is 11.6 Å². The van der Waals surface area contributed by atoms with Gasteiger partial charge in [-0.25, -0.2) is 27.0 Å². The zero-order valence-corrected chi connectivity index (χ0v) is 32.9. The molecular formula is C39H36ClF5N6O6S. The van der Waals surface area contributed by atoms with Gasteiger partial charge in [0.05, 0.1) is 51.4 Å². The molecule has 0 unspecified atom stereocenters. The summed E-state index contributed by atoms with van der Waals surface area (Å²) >= 11 is 6.59. The molecular weight excluding hydrogens is 811 g/mol. The number of nitrogens with one attached hydrogen (secondary N) is 2. The molecule has 19 heteroatoms. The molecule has 3 N–H and O–H groups in total. The van der Waals surface area contributed by atoms with Crippen LogP contribution in [-0.2, 0) is 34.8 Å². The van der Waals surface area contributed by atoms with E-state index in [9.17, 15) is 45.1 Å². The molecule has 0 bridgehead atoms. The summed E-state index contributed by atoms with van der Waals surface area (Å²) in [7, 11) is -2.84. The molecule has 2 heterocycles. The Hall–Kier alpha value is -5.75. The fourth-order valence-electron chi connectivity index (χ4n) is 6.50. The molecule has 0 aliphatic heterocycles. The number of hydrogen-bond acceptors (Lipinski definition) is 7. The second-order valence-electron chi connectivity index (χ2n) is 14.5. The lowest BCUT2D eigenvalue weighted by molar-refractivity contribution is -0.141. The van der Waals surface area contributed by atoms with Crippen LogP contribution in [0.2, 0.25) is 5.02 Å². The number of benzene rings is 4. The monoisotopic (exact) mass is 846 g/mol. The highest BCUT2D eigenvalue weighted by Crippen LogP contribution is 2.38. The standard InChI is InChI=1S/C39H36ClF5N6O6S/c1-38(2,3)23-7-10-27-29(18-23)46-35(30(47-37(53)54)17-22-15-24(41)19-25(42)16-22)51(36(27)52)31-12-11-28(40)32-33(31)50(20-39(43,44)45)48-34(32)49-58(55,56)14-13-21-5-8-26(57-4)9-6-21/h5-12,15-16,18-19,30,47H,13-14,17,20H2,1-4H3,(H,48,49)(H,53,54)/t30-/m0/s1. The topological polar surface area (TPSA) is 157 Å². The lowest BCUT2D eigenvalue weighted by atomic mass is 9.86.